The summed E-state index contributed by atoms with van der Waals surface area (Å²) in [6, 6.07) is 0.760. The van der Waals surface area contributed by atoms with Gasteiger partial charge >= 0.3 is 13.3 Å². The number of aromatic nitrogens is 1. The molecule has 0 bridgehead atoms. The molecule has 2 N–H and O–H groups in total. The zero-order valence-electron chi connectivity index (χ0n) is 10.4. The van der Waals surface area contributed by atoms with Crippen LogP contribution >= 0.6 is 0 Å². The second kappa shape index (κ2) is 4.16. The summed E-state index contributed by atoms with van der Waals surface area (Å²) in [5.41, 5.74) is 3.31. The van der Waals surface area contributed by atoms with Gasteiger partial charge in [0.15, 0.2) is 0 Å². The van der Waals surface area contributed by atoms with Crippen molar-refractivity contribution in [2.45, 2.75) is 25.6 Å². The van der Waals surface area contributed by atoms with Gasteiger partial charge < -0.3 is 15.0 Å². The summed E-state index contributed by atoms with van der Waals surface area (Å²) < 4.78 is 49.5. The molecule has 4 nitrogen and oxygen atoms in total. The Morgan fingerprint density at radius 3 is 2.53 bits per heavy atom. The molecule has 0 spiro atoms. The SMILES string of the molecule is C=C1OB(c2cnc(N)cc2C(F)(F)F)OC1(C)C. The summed E-state index contributed by atoms with van der Waals surface area (Å²) in [7, 11) is -1.19. The van der Waals surface area contributed by atoms with Gasteiger partial charge in [-0.2, -0.15) is 13.2 Å². The summed E-state index contributed by atoms with van der Waals surface area (Å²) in [5, 5.41) is 0. The van der Waals surface area contributed by atoms with E-state index in [0.717, 1.165) is 12.3 Å². The molecule has 0 amide bonds. The fraction of sp³-hybridized carbons (Fsp3) is 0.364. The molecule has 1 aromatic heterocycles. The molecule has 8 heteroatoms. The highest BCUT2D eigenvalue weighted by molar-refractivity contribution is 6.62. The molecule has 1 saturated heterocycles. The number of halogens is 3. The van der Waals surface area contributed by atoms with Gasteiger partial charge in [-0.25, -0.2) is 4.98 Å². The van der Waals surface area contributed by atoms with Gasteiger partial charge in [-0.15, -0.1) is 0 Å². The van der Waals surface area contributed by atoms with Crippen molar-refractivity contribution in [1.82, 2.24) is 4.98 Å². The Hall–Kier alpha value is -1.70. The van der Waals surface area contributed by atoms with Gasteiger partial charge in [0.1, 0.15) is 11.4 Å². The van der Waals surface area contributed by atoms with Gasteiger partial charge in [-0.3, -0.25) is 0 Å². The normalized spacial score (nSPS) is 18.6. The van der Waals surface area contributed by atoms with Crippen LogP contribution in [0.3, 0.4) is 0 Å². The number of alkyl halides is 3. The van der Waals surface area contributed by atoms with Crippen molar-refractivity contribution in [2.24, 2.45) is 0 Å². The third kappa shape index (κ3) is 2.53. The first-order valence-electron chi connectivity index (χ1n) is 5.48. The monoisotopic (exact) mass is 272 g/mol. The van der Waals surface area contributed by atoms with Crippen LogP contribution in [0.15, 0.2) is 24.6 Å². The molecule has 0 unspecified atom stereocenters. The number of rotatable bonds is 1. The number of nitrogens with zero attached hydrogens (tertiary/aromatic N) is 1. The standard InChI is InChI=1S/C11H12BF3N2O2/c1-6-10(2,3)19-12(18-6)8-5-17-9(16)4-7(8)11(13,14)15/h4-5H,1H2,2-3H3,(H2,16,17). The van der Waals surface area contributed by atoms with Crippen molar-refractivity contribution < 1.29 is 22.5 Å². The Bertz CT molecular complexity index is 531. The van der Waals surface area contributed by atoms with Crippen molar-refractivity contribution in [3.8, 4) is 0 Å². The topological polar surface area (TPSA) is 57.4 Å². The third-order valence-electron chi connectivity index (χ3n) is 2.84. The first-order chi connectivity index (χ1) is 8.61. The molecule has 1 aromatic rings. The van der Waals surface area contributed by atoms with Crippen molar-refractivity contribution in [2.75, 3.05) is 5.73 Å². The molecule has 102 valence electrons. The van der Waals surface area contributed by atoms with Crippen molar-refractivity contribution in [3.63, 3.8) is 0 Å². The average Bonchev–Trinajstić information content (AvgIpc) is 2.52. The highest BCUT2D eigenvalue weighted by Crippen LogP contribution is 2.33. The van der Waals surface area contributed by atoms with Crippen LogP contribution in [0.5, 0.6) is 0 Å². The van der Waals surface area contributed by atoms with Gasteiger partial charge in [0.05, 0.1) is 11.3 Å². The lowest BCUT2D eigenvalue weighted by Crippen LogP contribution is -2.39. The maximum absolute atomic E-state index is 13.0. The lowest BCUT2D eigenvalue weighted by atomic mass is 9.77. The first kappa shape index (κ1) is 13.7. The maximum Gasteiger partial charge on any atom is 0.565 e. The predicted octanol–water partition coefficient (Wildman–Crippen LogP) is 1.72. The molecule has 0 aromatic carbocycles. The number of nitrogens with two attached hydrogens (primary N) is 1. The lowest BCUT2D eigenvalue weighted by Gasteiger charge is -2.16. The minimum atomic E-state index is -4.56. The van der Waals surface area contributed by atoms with Crippen LogP contribution in [-0.2, 0) is 15.5 Å². The van der Waals surface area contributed by atoms with Crippen molar-refractivity contribution in [3.05, 3.63) is 30.2 Å². The second-order valence-corrected chi connectivity index (χ2v) is 4.70. The molecule has 1 fully saturated rings. The zero-order chi connectivity index (χ0) is 14.4. The number of hydrogen-bond acceptors (Lipinski definition) is 4. The molecule has 2 heterocycles. The quantitative estimate of drug-likeness (QED) is 0.791. The molecule has 0 radical (unpaired) electrons. The molecular weight excluding hydrogens is 260 g/mol. The van der Waals surface area contributed by atoms with Gasteiger partial charge in [0.2, 0.25) is 0 Å². The molecule has 0 saturated carbocycles. The Labute approximate surface area is 108 Å². The van der Waals surface area contributed by atoms with Crippen LogP contribution in [0, 0.1) is 0 Å². The van der Waals surface area contributed by atoms with E-state index < -0.39 is 24.5 Å². The number of hydrogen-bond donors (Lipinski definition) is 1. The summed E-state index contributed by atoms with van der Waals surface area (Å²) in [6.07, 6.45) is -3.55. The summed E-state index contributed by atoms with van der Waals surface area (Å²) >= 11 is 0. The lowest BCUT2D eigenvalue weighted by molar-refractivity contribution is -0.136. The minimum absolute atomic E-state index is 0.214. The number of anilines is 1. The van der Waals surface area contributed by atoms with Gasteiger partial charge in [-0.05, 0) is 19.9 Å². The summed E-state index contributed by atoms with van der Waals surface area (Å²) in [5.74, 6) is 0.0506. The first-order valence-corrected chi connectivity index (χ1v) is 5.48. The minimum Gasteiger partial charge on any atom is -0.534 e. The molecule has 2 rings (SSSR count). The van der Waals surface area contributed by atoms with Crippen LogP contribution in [-0.4, -0.2) is 17.7 Å². The van der Waals surface area contributed by atoms with Crippen molar-refractivity contribution >= 4 is 18.4 Å². The summed E-state index contributed by atoms with van der Waals surface area (Å²) in [4.78, 5) is 3.66. The van der Waals surface area contributed by atoms with Crippen LogP contribution in [0.2, 0.25) is 0 Å². The van der Waals surface area contributed by atoms with E-state index >= 15 is 0 Å². The molecule has 0 atom stereocenters. The molecule has 19 heavy (non-hydrogen) atoms. The average molecular weight is 272 g/mol. The number of nitrogen functional groups attached to an aromatic ring is 1. The van der Waals surface area contributed by atoms with E-state index in [-0.39, 0.29) is 17.0 Å². The predicted molar refractivity (Wildman–Crippen MR) is 64.4 cm³/mol. The van der Waals surface area contributed by atoms with E-state index in [1.165, 1.54) is 0 Å². The molecule has 1 aliphatic heterocycles. The third-order valence-corrected chi connectivity index (χ3v) is 2.84. The van der Waals surface area contributed by atoms with E-state index in [0.29, 0.717) is 0 Å². The van der Waals surface area contributed by atoms with E-state index in [1.54, 1.807) is 13.8 Å². The highest BCUT2D eigenvalue weighted by Gasteiger charge is 2.47. The molecule has 0 aliphatic carbocycles. The van der Waals surface area contributed by atoms with Gasteiger partial charge in [-0.1, -0.05) is 6.58 Å². The fourth-order valence-electron chi connectivity index (χ4n) is 1.67. The zero-order valence-corrected chi connectivity index (χ0v) is 10.4. The van der Waals surface area contributed by atoms with E-state index in [1.807, 2.05) is 0 Å². The van der Waals surface area contributed by atoms with Gasteiger partial charge in [0, 0.05) is 11.7 Å². The van der Waals surface area contributed by atoms with E-state index in [2.05, 4.69) is 11.6 Å². The Morgan fingerprint density at radius 2 is 2.05 bits per heavy atom. The highest BCUT2D eigenvalue weighted by atomic mass is 19.4. The van der Waals surface area contributed by atoms with E-state index in [4.69, 9.17) is 15.0 Å². The second-order valence-electron chi connectivity index (χ2n) is 4.70. The van der Waals surface area contributed by atoms with Gasteiger partial charge in [0.25, 0.3) is 0 Å². The summed E-state index contributed by atoms with van der Waals surface area (Å²) in [6.45, 7) is 6.94. The van der Waals surface area contributed by atoms with E-state index in [9.17, 15) is 13.2 Å². The molecule has 1 aliphatic rings. The van der Waals surface area contributed by atoms with Crippen LogP contribution < -0.4 is 11.2 Å². The largest absolute Gasteiger partial charge is 0.565 e. The fourth-order valence-corrected chi connectivity index (χ4v) is 1.67. The Kier molecular flexibility index (Phi) is 3.01. The smallest absolute Gasteiger partial charge is 0.534 e. The van der Waals surface area contributed by atoms with Crippen molar-refractivity contribution in [1.29, 1.82) is 0 Å². The Balaban J connectivity index is 2.44. The number of pyridine rings is 1. The Morgan fingerprint density at radius 1 is 1.42 bits per heavy atom. The van der Waals surface area contributed by atoms with Crippen LogP contribution in [0.1, 0.15) is 19.4 Å². The molecular formula is C11H12BF3N2O2. The van der Waals surface area contributed by atoms with Crippen LogP contribution in [0.4, 0.5) is 19.0 Å². The van der Waals surface area contributed by atoms with Crippen LogP contribution in [0.25, 0.3) is 0 Å². The maximum atomic E-state index is 13.0.